The maximum atomic E-state index is 13.9. The minimum Gasteiger partial charge on any atom is -0.302 e. The van der Waals surface area contributed by atoms with E-state index in [4.69, 9.17) is 0 Å². The van der Waals surface area contributed by atoms with Crippen molar-refractivity contribution in [2.75, 3.05) is 23.5 Å². The highest BCUT2D eigenvalue weighted by Crippen LogP contribution is 2.32. The number of hydrogen-bond donors (Lipinski definition) is 0. The van der Waals surface area contributed by atoms with Gasteiger partial charge in [0.05, 0.1) is 11.3 Å². The van der Waals surface area contributed by atoms with Crippen LogP contribution in [0.4, 0.5) is 10.1 Å². The number of rotatable bonds is 4. The van der Waals surface area contributed by atoms with E-state index in [1.165, 1.54) is 11.0 Å². The largest absolute Gasteiger partial charge is 0.302 e. The molecule has 3 nitrogen and oxygen atoms in total. The van der Waals surface area contributed by atoms with Crippen LogP contribution in [0.15, 0.2) is 12.1 Å². The van der Waals surface area contributed by atoms with Gasteiger partial charge >= 0.3 is 0 Å². The molecule has 1 amide bonds. The number of carbonyl (C=O) groups is 2. The van der Waals surface area contributed by atoms with Crippen LogP contribution in [0.1, 0.15) is 22.3 Å². The topological polar surface area (TPSA) is 37.4 Å². The predicted molar refractivity (Wildman–Crippen MR) is 70.8 cm³/mol. The molecule has 0 spiro atoms. The number of Topliss-reactive ketones (excluding diaryl/α,β-unsaturated/α-hetero) is 1. The van der Waals surface area contributed by atoms with E-state index in [9.17, 15) is 14.0 Å². The second kappa shape index (κ2) is 5.10. The second-order valence-corrected chi connectivity index (χ2v) is 5.26. The third kappa shape index (κ3) is 2.14. The molecule has 1 aliphatic rings. The second-order valence-electron chi connectivity index (χ2n) is 4.28. The van der Waals surface area contributed by atoms with Crippen LogP contribution in [0.5, 0.6) is 0 Å². The molecule has 0 atom stereocenters. The van der Waals surface area contributed by atoms with Gasteiger partial charge in [-0.15, -0.1) is 0 Å². The van der Waals surface area contributed by atoms with E-state index >= 15 is 0 Å². The molecule has 0 saturated heterocycles. The number of halogens is 1. The highest BCUT2D eigenvalue weighted by molar-refractivity contribution is 7.98. The number of thioether (sulfide) groups is 1. The van der Waals surface area contributed by atoms with Crippen molar-refractivity contribution in [1.82, 2.24) is 0 Å². The van der Waals surface area contributed by atoms with Crippen molar-refractivity contribution in [2.24, 2.45) is 0 Å². The number of fused-ring (bicyclic) bond motifs is 1. The molecule has 0 fully saturated rings. The van der Waals surface area contributed by atoms with Gasteiger partial charge in [-0.3, -0.25) is 9.59 Å². The number of anilines is 1. The summed E-state index contributed by atoms with van der Waals surface area (Å²) < 4.78 is 13.9. The maximum Gasteiger partial charge on any atom is 0.299 e. The van der Waals surface area contributed by atoms with Crippen LogP contribution >= 0.6 is 11.8 Å². The van der Waals surface area contributed by atoms with Gasteiger partial charge in [0.25, 0.3) is 11.7 Å². The van der Waals surface area contributed by atoms with Crippen molar-refractivity contribution in [1.29, 1.82) is 0 Å². The molecule has 1 aliphatic heterocycles. The minimum absolute atomic E-state index is 0.150. The number of amides is 1. The predicted octanol–water partition coefficient (Wildman–Crippen LogP) is 2.42. The van der Waals surface area contributed by atoms with Gasteiger partial charge in [0.15, 0.2) is 0 Å². The first kappa shape index (κ1) is 13.1. The van der Waals surface area contributed by atoms with Gasteiger partial charge in [0.2, 0.25) is 0 Å². The number of nitrogens with zero attached hydrogens (tertiary/aromatic N) is 1. The van der Waals surface area contributed by atoms with Gasteiger partial charge in [-0.25, -0.2) is 4.39 Å². The van der Waals surface area contributed by atoms with Gasteiger partial charge < -0.3 is 4.90 Å². The first-order valence-electron chi connectivity index (χ1n) is 5.71. The van der Waals surface area contributed by atoms with Crippen molar-refractivity contribution in [3.8, 4) is 0 Å². The lowest BCUT2D eigenvalue weighted by atomic mass is 10.1. The van der Waals surface area contributed by atoms with Crippen molar-refractivity contribution in [2.45, 2.75) is 13.3 Å². The summed E-state index contributed by atoms with van der Waals surface area (Å²) in [5, 5.41) is 0. The fourth-order valence-corrected chi connectivity index (χ4v) is 2.52. The average molecular weight is 267 g/mol. The van der Waals surface area contributed by atoms with E-state index in [1.54, 1.807) is 24.8 Å². The molecule has 0 saturated carbocycles. The van der Waals surface area contributed by atoms with Gasteiger partial charge in [-0.1, -0.05) is 0 Å². The Bertz CT molecular complexity index is 516. The average Bonchev–Trinajstić information content (AvgIpc) is 2.55. The maximum absolute atomic E-state index is 13.9. The third-order valence-electron chi connectivity index (χ3n) is 2.89. The van der Waals surface area contributed by atoms with Gasteiger partial charge in [-0.05, 0) is 43.0 Å². The van der Waals surface area contributed by atoms with E-state index in [2.05, 4.69) is 0 Å². The van der Waals surface area contributed by atoms with Gasteiger partial charge in [0, 0.05) is 6.54 Å². The smallest absolute Gasteiger partial charge is 0.299 e. The summed E-state index contributed by atoms with van der Waals surface area (Å²) in [6.07, 6.45) is 2.71. The van der Waals surface area contributed by atoms with E-state index in [1.807, 2.05) is 6.26 Å². The van der Waals surface area contributed by atoms with Crippen molar-refractivity contribution < 1.29 is 14.0 Å². The van der Waals surface area contributed by atoms with Crippen LogP contribution in [0.3, 0.4) is 0 Å². The lowest BCUT2D eigenvalue weighted by Crippen LogP contribution is -2.31. The standard InChI is InChI=1S/C13H14FNO2S/c1-8-6-9-11(10(14)7-8)15(4-3-5-18-2)13(17)12(9)16/h6-7H,3-5H2,1-2H3. The van der Waals surface area contributed by atoms with Gasteiger partial charge in [0.1, 0.15) is 5.82 Å². The molecule has 0 radical (unpaired) electrons. The highest BCUT2D eigenvalue weighted by atomic mass is 32.2. The molecule has 1 aromatic carbocycles. The number of aryl methyl sites for hydroxylation is 1. The number of carbonyl (C=O) groups excluding carboxylic acids is 2. The van der Waals surface area contributed by atoms with Crippen molar-refractivity contribution in [3.63, 3.8) is 0 Å². The first-order chi connectivity index (χ1) is 8.56. The van der Waals surface area contributed by atoms with Crippen LogP contribution in [0.25, 0.3) is 0 Å². The first-order valence-corrected chi connectivity index (χ1v) is 7.11. The Balaban J connectivity index is 2.36. The Morgan fingerprint density at radius 2 is 2.06 bits per heavy atom. The van der Waals surface area contributed by atoms with E-state index in [-0.39, 0.29) is 11.3 Å². The lowest BCUT2D eigenvalue weighted by molar-refractivity contribution is -0.114. The zero-order valence-electron chi connectivity index (χ0n) is 10.3. The quantitative estimate of drug-likeness (QED) is 0.621. The van der Waals surface area contributed by atoms with Crippen molar-refractivity contribution >= 4 is 29.1 Å². The van der Waals surface area contributed by atoms with Crippen LogP contribution < -0.4 is 4.90 Å². The van der Waals surface area contributed by atoms with Crippen LogP contribution in [0, 0.1) is 12.7 Å². The molecule has 0 aliphatic carbocycles. The molecule has 0 unspecified atom stereocenters. The molecule has 1 heterocycles. The Morgan fingerprint density at radius 3 is 2.72 bits per heavy atom. The number of hydrogen-bond acceptors (Lipinski definition) is 3. The van der Waals surface area contributed by atoms with Crippen LogP contribution in [-0.2, 0) is 4.79 Å². The number of benzene rings is 1. The molecule has 2 rings (SSSR count). The molecular weight excluding hydrogens is 253 g/mol. The summed E-state index contributed by atoms with van der Waals surface area (Å²) in [4.78, 5) is 24.9. The Hall–Kier alpha value is -1.36. The molecule has 1 aromatic rings. The summed E-state index contributed by atoms with van der Waals surface area (Å²) in [7, 11) is 0. The monoisotopic (exact) mass is 267 g/mol. The Labute approximate surface area is 109 Å². The molecule has 0 N–H and O–H groups in total. The molecule has 0 bridgehead atoms. The fraction of sp³-hybridized carbons (Fsp3) is 0.385. The van der Waals surface area contributed by atoms with E-state index < -0.39 is 17.5 Å². The fourth-order valence-electron chi connectivity index (χ4n) is 2.10. The Morgan fingerprint density at radius 1 is 1.33 bits per heavy atom. The molecule has 0 aromatic heterocycles. The zero-order valence-corrected chi connectivity index (χ0v) is 11.1. The summed E-state index contributed by atoms with van der Waals surface area (Å²) >= 11 is 1.66. The highest BCUT2D eigenvalue weighted by Gasteiger charge is 2.37. The molecule has 18 heavy (non-hydrogen) atoms. The summed E-state index contributed by atoms with van der Waals surface area (Å²) in [6, 6.07) is 2.93. The zero-order chi connectivity index (χ0) is 13.3. The molecular formula is C13H14FNO2S. The molecule has 5 heteroatoms. The number of ketones is 1. The summed E-state index contributed by atoms with van der Waals surface area (Å²) in [5.74, 6) is -0.832. The van der Waals surface area contributed by atoms with E-state index in [0.717, 1.165) is 12.2 Å². The Kier molecular flexibility index (Phi) is 3.71. The van der Waals surface area contributed by atoms with Crippen LogP contribution in [0.2, 0.25) is 0 Å². The molecule has 96 valence electrons. The third-order valence-corrected chi connectivity index (χ3v) is 3.59. The van der Waals surface area contributed by atoms with Gasteiger partial charge in [-0.2, -0.15) is 11.8 Å². The van der Waals surface area contributed by atoms with E-state index in [0.29, 0.717) is 12.1 Å². The lowest BCUT2D eigenvalue weighted by Gasteiger charge is -2.16. The van der Waals surface area contributed by atoms with Crippen molar-refractivity contribution in [3.05, 3.63) is 29.1 Å². The SMILES string of the molecule is CSCCCN1C(=O)C(=O)c2cc(C)cc(F)c21. The minimum atomic E-state index is -0.615. The van der Waals surface area contributed by atoms with Crippen LogP contribution in [-0.4, -0.2) is 30.2 Å². The summed E-state index contributed by atoms with van der Waals surface area (Å²) in [6.45, 7) is 2.09. The normalized spacial score (nSPS) is 14.3. The summed E-state index contributed by atoms with van der Waals surface area (Å²) in [5.41, 5.74) is 0.997.